The largest absolute Gasteiger partial charge is 0.383 e. The summed E-state index contributed by atoms with van der Waals surface area (Å²) >= 11 is 0. The van der Waals surface area contributed by atoms with E-state index in [0.717, 1.165) is 73.9 Å². The van der Waals surface area contributed by atoms with Gasteiger partial charge in [0.1, 0.15) is 11.6 Å². The molecule has 4 heterocycles. The van der Waals surface area contributed by atoms with Crippen LogP contribution in [-0.4, -0.2) is 44.8 Å². The van der Waals surface area contributed by atoms with Crippen molar-refractivity contribution in [2.24, 2.45) is 10.7 Å². The maximum atomic E-state index is 6.18. The Bertz CT molecular complexity index is 1060. The second-order valence-electron chi connectivity index (χ2n) is 8.11. The zero-order valence-electron chi connectivity index (χ0n) is 17.0. The van der Waals surface area contributed by atoms with Crippen molar-refractivity contribution in [3.63, 3.8) is 0 Å². The molecular weight excluding hydrogens is 374 g/mol. The van der Waals surface area contributed by atoms with Gasteiger partial charge in [0.25, 0.3) is 0 Å². The van der Waals surface area contributed by atoms with Gasteiger partial charge in [0.2, 0.25) is 0 Å². The summed E-state index contributed by atoms with van der Waals surface area (Å²) in [6.07, 6.45) is 7.61. The molecule has 5 rings (SSSR count). The second-order valence-corrected chi connectivity index (χ2v) is 8.11. The second kappa shape index (κ2) is 8.01. The van der Waals surface area contributed by atoms with E-state index < -0.39 is 0 Å². The van der Waals surface area contributed by atoms with Crippen molar-refractivity contribution < 1.29 is 0 Å². The van der Waals surface area contributed by atoms with E-state index in [2.05, 4.69) is 43.7 Å². The minimum absolute atomic E-state index is 0.356. The predicted molar refractivity (Wildman–Crippen MR) is 120 cm³/mol. The van der Waals surface area contributed by atoms with Gasteiger partial charge in [0, 0.05) is 30.7 Å². The summed E-state index contributed by atoms with van der Waals surface area (Å²) in [6.45, 7) is 3.09. The third kappa shape index (κ3) is 3.62. The number of aromatic nitrogens is 3. The van der Waals surface area contributed by atoms with Crippen molar-refractivity contribution in [3.8, 4) is 17.1 Å². The SMILES string of the molecule is Nc1ncccc1-c1nc2c(n1-c1ccc(CN3CCC(N)CC3)cc1)N=CCC2. The number of aliphatic imine (C=N–C) groups is 1. The number of piperidine rings is 1. The van der Waals surface area contributed by atoms with Crippen LogP contribution in [0.3, 0.4) is 0 Å². The van der Waals surface area contributed by atoms with Crippen molar-refractivity contribution in [1.82, 2.24) is 19.4 Å². The maximum absolute atomic E-state index is 6.18. The van der Waals surface area contributed by atoms with Crippen LogP contribution in [-0.2, 0) is 13.0 Å². The van der Waals surface area contributed by atoms with Gasteiger partial charge in [0.15, 0.2) is 5.82 Å². The number of benzene rings is 1. The Morgan fingerprint density at radius 2 is 1.87 bits per heavy atom. The number of rotatable bonds is 4. The van der Waals surface area contributed by atoms with Crippen LogP contribution in [0.1, 0.15) is 30.5 Å². The van der Waals surface area contributed by atoms with Crippen molar-refractivity contribution in [3.05, 3.63) is 53.9 Å². The molecule has 2 aromatic heterocycles. The molecule has 7 nitrogen and oxygen atoms in total. The Labute approximate surface area is 176 Å². The van der Waals surface area contributed by atoms with Gasteiger partial charge < -0.3 is 11.5 Å². The number of hydrogen-bond donors (Lipinski definition) is 2. The van der Waals surface area contributed by atoms with Crippen molar-refractivity contribution in [1.29, 1.82) is 0 Å². The van der Waals surface area contributed by atoms with E-state index in [-0.39, 0.29) is 0 Å². The number of nitrogen functional groups attached to an aromatic ring is 1. The highest BCUT2D eigenvalue weighted by atomic mass is 15.2. The first-order valence-electron chi connectivity index (χ1n) is 10.6. The van der Waals surface area contributed by atoms with Crippen LogP contribution in [0, 0.1) is 0 Å². The molecule has 3 aromatic rings. The first kappa shape index (κ1) is 19.0. The van der Waals surface area contributed by atoms with Gasteiger partial charge in [-0.15, -0.1) is 0 Å². The number of fused-ring (bicyclic) bond motifs is 1. The molecular formula is C23H27N7. The summed E-state index contributed by atoms with van der Waals surface area (Å²) in [7, 11) is 0. The Kier molecular flexibility index (Phi) is 5.06. The molecule has 1 fully saturated rings. The number of nitrogens with zero attached hydrogens (tertiary/aromatic N) is 5. The molecule has 0 spiro atoms. The minimum Gasteiger partial charge on any atom is -0.383 e. The van der Waals surface area contributed by atoms with E-state index in [1.165, 1.54) is 5.56 Å². The van der Waals surface area contributed by atoms with E-state index in [9.17, 15) is 0 Å². The summed E-state index contributed by atoms with van der Waals surface area (Å²) in [4.78, 5) is 16.3. The number of nitrogens with two attached hydrogens (primary N) is 2. The Balaban J connectivity index is 1.49. The van der Waals surface area contributed by atoms with Gasteiger partial charge in [-0.05, 0) is 68.6 Å². The lowest BCUT2D eigenvalue weighted by atomic mass is 10.1. The summed E-state index contributed by atoms with van der Waals surface area (Å²) in [6, 6.07) is 12.9. The lowest BCUT2D eigenvalue weighted by Crippen LogP contribution is -2.39. The molecule has 4 N–H and O–H groups in total. The fraction of sp³-hybridized carbons (Fsp3) is 0.348. The zero-order valence-corrected chi connectivity index (χ0v) is 17.0. The molecule has 2 aliphatic rings. The van der Waals surface area contributed by atoms with Crippen LogP contribution in [0.5, 0.6) is 0 Å². The molecule has 0 unspecified atom stereocenters. The molecule has 0 amide bonds. The molecule has 30 heavy (non-hydrogen) atoms. The van der Waals surface area contributed by atoms with Crippen LogP contribution in [0.15, 0.2) is 47.6 Å². The highest BCUT2D eigenvalue weighted by Crippen LogP contribution is 2.35. The third-order valence-electron chi connectivity index (χ3n) is 5.96. The number of likely N-dealkylation sites (tertiary alicyclic amines) is 1. The number of aryl methyl sites for hydroxylation is 1. The first-order valence-corrected chi connectivity index (χ1v) is 10.6. The smallest absolute Gasteiger partial charge is 0.160 e. The topological polar surface area (TPSA) is 98.3 Å². The molecule has 154 valence electrons. The average Bonchev–Trinajstić information content (AvgIpc) is 3.15. The highest BCUT2D eigenvalue weighted by Gasteiger charge is 2.22. The molecule has 0 bridgehead atoms. The third-order valence-corrected chi connectivity index (χ3v) is 5.96. The molecule has 0 radical (unpaired) electrons. The highest BCUT2D eigenvalue weighted by molar-refractivity contribution is 5.75. The molecule has 0 aliphatic carbocycles. The number of anilines is 1. The van der Waals surface area contributed by atoms with Gasteiger partial charge in [0.05, 0.1) is 11.3 Å². The van der Waals surface area contributed by atoms with E-state index >= 15 is 0 Å². The van der Waals surface area contributed by atoms with E-state index in [1.807, 2.05) is 18.3 Å². The standard InChI is InChI=1S/C23H27N7/c24-17-9-13-29(14-10-17)15-16-5-7-18(8-6-16)30-22(19-3-1-11-26-21(19)25)28-20-4-2-12-27-23(20)30/h1,3,5-8,11-12,17H,2,4,9-10,13-15,24H2,(H2,25,26). The first-order chi connectivity index (χ1) is 14.7. The molecule has 0 atom stereocenters. The van der Waals surface area contributed by atoms with Crippen LogP contribution < -0.4 is 11.5 Å². The van der Waals surface area contributed by atoms with E-state index in [1.54, 1.807) is 6.20 Å². The van der Waals surface area contributed by atoms with E-state index in [4.69, 9.17) is 16.5 Å². The monoisotopic (exact) mass is 401 g/mol. The van der Waals surface area contributed by atoms with Gasteiger partial charge in [-0.3, -0.25) is 9.47 Å². The lowest BCUT2D eigenvalue weighted by Gasteiger charge is -2.30. The van der Waals surface area contributed by atoms with Crippen molar-refractivity contribution in [2.45, 2.75) is 38.3 Å². The van der Waals surface area contributed by atoms with Crippen molar-refractivity contribution in [2.75, 3.05) is 18.8 Å². The number of imidazole rings is 1. The summed E-state index contributed by atoms with van der Waals surface area (Å²) < 4.78 is 2.10. The van der Waals surface area contributed by atoms with E-state index in [0.29, 0.717) is 11.9 Å². The Hall–Kier alpha value is -3.03. The summed E-state index contributed by atoms with van der Waals surface area (Å²) in [5.74, 6) is 2.16. The fourth-order valence-electron chi connectivity index (χ4n) is 4.26. The molecule has 2 aliphatic heterocycles. The minimum atomic E-state index is 0.356. The zero-order chi connectivity index (χ0) is 20.5. The maximum Gasteiger partial charge on any atom is 0.160 e. The quantitative estimate of drug-likeness (QED) is 0.700. The molecule has 1 saturated heterocycles. The van der Waals surface area contributed by atoms with Crippen LogP contribution in [0.2, 0.25) is 0 Å². The number of pyridine rings is 1. The van der Waals surface area contributed by atoms with Crippen LogP contribution in [0.4, 0.5) is 11.6 Å². The van der Waals surface area contributed by atoms with Gasteiger partial charge >= 0.3 is 0 Å². The van der Waals surface area contributed by atoms with Gasteiger partial charge in [-0.1, -0.05) is 12.1 Å². The summed E-state index contributed by atoms with van der Waals surface area (Å²) in [5, 5.41) is 0. The molecule has 1 aromatic carbocycles. The van der Waals surface area contributed by atoms with Gasteiger partial charge in [-0.2, -0.15) is 0 Å². The Morgan fingerprint density at radius 1 is 1.07 bits per heavy atom. The van der Waals surface area contributed by atoms with Gasteiger partial charge in [-0.25, -0.2) is 15.0 Å². The number of hydrogen-bond acceptors (Lipinski definition) is 6. The normalized spacial score (nSPS) is 17.2. The molecule has 0 saturated carbocycles. The summed E-state index contributed by atoms with van der Waals surface area (Å²) in [5.41, 5.74) is 16.4. The van der Waals surface area contributed by atoms with Crippen LogP contribution >= 0.6 is 0 Å². The lowest BCUT2D eigenvalue weighted by molar-refractivity contribution is 0.205. The average molecular weight is 402 g/mol. The van der Waals surface area contributed by atoms with Crippen LogP contribution in [0.25, 0.3) is 17.1 Å². The molecule has 7 heteroatoms. The predicted octanol–water partition coefficient (Wildman–Crippen LogP) is 3.09. The fourth-order valence-corrected chi connectivity index (χ4v) is 4.26. The van der Waals surface area contributed by atoms with Crippen molar-refractivity contribution >= 4 is 17.9 Å². The Morgan fingerprint density at radius 3 is 2.63 bits per heavy atom.